The number of hydrogen-bond donors (Lipinski definition) is 0. The summed E-state index contributed by atoms with van der Waals surface area (Å²) in [6.45, 7) is 5.34. The second-order valence-electron chi connectivity index (χ2n) is 11.0. The second kappa shape index (κ2) is 10.5. The van der Waals surface area contributed by atoms with Gasteiger partial charge in [0.05, 0.1) is 17.2 Å². The number of benzene rings is 3. The monoisotopic (exact) mass is 552 g/mol. The van der Waals surface area contributed by atoms with E-state index < -0.39 is 10.8 Å². The molecule has 5 aromatic rings. The lowest BCUT2D eigenvalue weighted by molar-refractivity contribution is -0.119. The van der Waals surface area contributed by atoms with Crippen LogP contribution in [0.5, 0.6) is 5.75 Å². The first kappa shape index (κ1) is 27.6. The van der Waals surface area contributed by atoms with Gasteiger partial charge in [-0.15, -0.1) is 0 Å². The smallest absolute Gasteiger partial charge is 0.275 e. The van der Waals surface area contributed by atoms with Crippen molar-refractivity contribution in [3.8, 4) is 17.0 Å². The van der Waals surface area contributed by atoms with Crippen LogP contribution in [0.15, 0.2) is 69.9 Å². The van der Waals surface area contributed by atoms with Crippen LogP contribution in [0.25, 0.3) is 33.1 Å². The number of carbonyl (C=O) groups is 1. The van der Waals surface area contributed by atoms with E-state index >= 15 is 0 Å². The summed E-state index contributed by atoms with van der Waals surface area (Å²) in [7, 11) is 5.80. The normalized spacial score (nSPS) is 11.8. The quantitative estimate of drug-likeness (QED) is 0.289. The van der Waals surface area contributed by atoms with Gasteiger partial charge in [0.15, 0.2) is 11.5 Å². The van der Waals surface area contributed by atoms with Gasteiger partial charge in [-0.05, 0) is 61.5 Å². The van der Waals surface area contributed by atoms with Gasteiger partial charge in [0.25, 0.3) is 5.56 Å². The summed E-state index contributed by atoms with van der Waals surface area (Å²) in [5.41, 5.74) is 2.81. The standard InChI is InChI=1S/C28H28B3ClN4O4/c1-15(2)39-20-8-9-21-22(13-20)27(38)35(34-26(21)17-5-4-6-18(32)11-17)14-25(37)36(28(29,30)31)19-7-10-23-24(12-19)40-16(3)33-23/h4-13,15H,14,29-31H2,1-3H3. The molecule has 2 aromatic heterocycles. The maximum atomic E-state index is 13.9. The fourth-order valence-corrected chi connectivity index (χ4v) is 5.03. The summed E-state index contributed by atoms with van der Waals surface area (Å²) in [5.74, 6) is 0.804. The Hall–Kier alpha value is -3.98. The van der Waals surface area contributed by atoms with E-state index in [-0.39, 0.29) is 18.6 Å². The molecule has 0 atom stereocenters. The number of nitrogens with zero attached hydrogens (tertiary/aromatic N) is 4. The summed E-state index contributed by atoms with van der Waals surface area (Å²) >= 11 is 6.30. The zero-order chi connectivity index (χ0) is 28.8. The van der Waals surface area contributed by atoms with Crippen LogP contribution < -0.4 is 15.2 Å². The Morgan fingerprint density at radius 1 is 1.10 bits per heavy atom. The van der Waals surface area contributed by atoms with Crippen molar-refractivity contribution >= 4 is 68.6 Å². The SMILES string of the molecule is BC(B)(B)N(C(=O)Cn1nc(-c2cccc(Cl)c2)c2ccc(OC(C)C)cc2c1=O)c1ccc2nc(C)oc2c1. The lowest BCUT2D eigenvalue weighted by Crippen LogP contribution is -2.55. The number of carbonyl (C=O) groups excluding carboxylic acids is 1. The van der Waals surface area contributed by atoms with Crippen molar-refractivity contribution in [3.63, 3.8) is 0 Å². The highest BCUT2D eigenvalue weighted by molar-refractivity contribution is 6.62. The molecule has 2 heterocycles. The topological polar surface area (TPSA) is 90.5 Å². The van der Waals surface area contributed by atoms with Crippen molar-refractivity contribution in [2.24, 2.45) is 0 Å². The van der Waals surface area contributed by atoms with E-state index in [0.717, 1.165) is 5.56 Å². The number of rotatable bonds is 7. The van der Waals surface area contributed by atoms with Gasteiger partial charge in [-0.2, -0.15) is 5.10 Å². The van der Waals surface area contributed by atoms with Crippen LogP contribution in [0.2, 0.25) is 5.02 Å². The molecule has 0 radical (unpaired) electrons. The first-order valence-corrected chi connectivity index (χ1v) is 13.5. The molecule has 1 amide bonds. The molecule has 0 aliphatic rings. The van der Waals surface area contributed by atoms with Gasteiger partial charge >= 0.3 is 0 Å². The van der Waals surface area contributed by atoms with Gasteiger partial charge in [-0.25, -0.2) is 9.67 Å². The predicted molar refractivity (Wildman–Crippen MR) is 167 cm³/mol. The molecule has 40 heavy (non-hydrogen) atoms. The highest BCUT2D eigenvalue weighted by atomic mass is 35.5. The molecule has 0 saturated carbocycles. The molecule has 0 bridgehead atoms. The first-order chi connectivity index (χ1) is 18.9. The molecule has 0 aliphatic heterocycles. The third-order valence-corrected chi connectivity index (χ3v) is 6.58. The summed E-state index contributed by atoms with van der Waals surface area (Å²) in [5, 5.41) is 5.66. The number of fused-ring (bicyclic) bond motifs is 2. The van der Waals surface area contributed by atoms with Crippen molar-refractivity contribution < 1.29 is 13.9 Å². The third kappa shape index (κ3) is 5.52. The molecule has 0 aliphatic carbocycles. The van der Waals surface area contributed by atoms with Gasteiger partial charge < -0.3 is 14.1 Å². The number of aryl methyl sites for hydroxylation is 1. The largest absolute Gasteiger partial charge is 0.491 e. The molecule has 200 valence electrons. The zero-order valence-corrected chi connectivity index (χ0v) is 24.1. The molecule has 8 nitrogen and oxygen atoms in total. The molecule has 3 aromatic carbocycles. The predicted octanol–water partition coefficient (Wildman–Crippen LogP) is 2.50. The summed E-state index contributed by atoms with van der Waals surface area (Å²) < 4.78 is 12.8. The Labute approximate surface area is 239 Å². The van der Waals surface area contributed by atoms with Gasteiger partial charge in [0, 0.05) is 34.6 Å². The number of amides is 1. The number of anilines is 1. The first-order valence-electron chi connectivity index (χ1n) is 13.1. The van der Waals surface area contributed by atoms with Crippen molar-refractivity contribution in [2.45, 2.75) is 38.7 Å². The molecule has 0 unspecified atom stereocenters. The molecule has 0 spiro atoms. The van der Waals surface area contributed by atoms with Crippen LogP contribution in [0.3, 0.4) is 0 Å². The molecule has 0 saturated heterocycles. The van der Waals surface area contributed by atoms with Gasteiger partial charge in [0.1, 0.15) is 41.3 Å². The maximum absolute atomic E-state index is 13.9. The Kier molecular flexibility index (Phi) is 7.27. The Morgan fingerprint density at radius 2 is 1.88 bits per heavy atom. The average Bonchev–Trinajstić information content (AvgIpc) is 3.24. The second-order valence-corrected chi connectivity index (χ2v) is 11.4. The molecular weight excluding hydrogens is 524 g/mol. The highest BCUT2D eigenvalue weighted by Gasteiger charge is 2.29. The lowest BCUT2D eigenvalue weighted by Gasteiger charge is -2.36. The molecular formula is C28H28B3ClN4O4. The van der Waals surface area contributed by atoms with Crippen LogP contribution >= 0.6 is 11.6 Å². The van der Waals surface area contributed by atoms with Crippen molar-refractivity contribution in [3.05, 3.63) is 81.9 Å². The minimum Gasteiger partial charge on any atom is -0.491 e. The fraction of sp³-hybridized carbons (Fsp3) is 0.214. The van der Waals surface area contributed by atoms with Crippen LogP contribution in [-0.2, 0) is 11.3 Å². The molecule has 0 fully saturated rings. The van der Waals surface area contributed by atoms with Crippen LogP contribution in [0.1, 0.15) is 19.7 Å². The number of aromatic nitrogens is 3. The highest BCUT2D eigenvalue weighted by Crippen LogP contribution is 2.30. The van der Waals surface area contributed by atoms with Gasteiger partial charge in [0.2, 0.25) is 5.91 Å². The Bertz CT molecular complexity index is 1810. The van der Waals surface area contributed by atoms with E-state index in [2.05, 4.69) is 10.1 Å². The molecule has 5 rings (SSSR count). The fourth-order valence-electron chi connectivity index (χ4n) is 4.84. The third-order valence-electron chi connectivity index (χ3n) is 6.34. The Balaban J connectivity index is 1.63. The van der Waals surface area contributed by atoms with Crippen molar-refractivity contribution in [1.29, 1.82) is 0 Å². The van der Waals surface area contributed by atoms with E-state index in [1.165, 1.54) is 4.68 Å². The zero-order valence-electron chi connectivity index (χ0n) is 23.4. The number of halogens is 1. The van der Waals surface area contributed by atoms with E-state index in [0.29, 0.717) is 49.9 Å². The lowest BCUT2D eigenvalue weighted by atomic mass is 9.48. The van der Waals surface area contributed by atoms with Crippen LogP contribution in [0, 0.1) is 6.92 Å². The van der Waals surface area contributed by atoms with Crippen LogP contribution in [-0.4, -0.2) is 55.6 Å². The van der Waals surface area contributed by atoms with E-state index in [1.807, 2.05) is 73.8 Å². The molecule has 0 N–H and O–H groups in total. The van der Waals surface area contributed by atoms with Gasteiger partial charge in [-0.1, -0.05) is 23.7 Å². The number of ether oxygens (including phenoxy) is 1. The summed E-state index contributed by atoms with van der Waals surface area (Å²) in [6.07, 6.45) is -0.0682. The van der Waals surface area contributed by atoms with Crippen molar-refractivity contribution in [2.75, 3.05) is 4.90 Å². The average molecular weight is 552 g/mol. The van der Waals surface area contributed by atoms with E-state index in [1.54, 1.807) is 36.1 Å². The Morgan fingerprint density at radius 3 is 2.58 bits per heavy atom. The summed E-state index contributed by atoms with van der Waals surface area (Å²) in [6, 6.07) is 18.0. The van der Waals surface area contributed by atoms with E-state index in [9.17, 15) is 9.59 Å². The summed E-state index contributed by atoms with van der Waals surface area (Å²) in [4.78, 5) is 33.7. The minimum atomic E-state index is -0.603. The van der Waals surface area contributed by atoms with Crippen molar-refractivity contribution in [1.82, 2.24) is 14.8 Å². The van der Waals surface area contributed by atoms with Gasteiger partial charge in [-0.3, -0.25) is 9.59 Å². The minimum absolute atomic E-state index is 0.0682. The maximum Gasteiger partial charge on any atom is 0.275 e. The molecule has 12 heteroatoms. The number of hydrogen-bond acceptors (Lipinski definition) is 6. The van der Waals surface area contributed by atoms with Crippen LogP contribution in [0.4, 0.5) is 5.69 Å². The number of oxazole rings is 1. The van der Waals surface area contributed by atoms with E-state index in [4.69, 9.17) is 20.8 Å².